The van der Waals surface area contributed by atoms with E-state index in [1.807, 2.05) is 31.2 Å². The standard InChI is InChI=1S/C21H25NO2/c1-3-16-7-11-20(12-8-16)24-14-21(23)22-15(2)18-10-9-17-5-4-6-19(17)13-18/h7-13,15H,3-6,14H2,1-2H3,(H,22,23). The number of carbonyl (C=O) groups is 1. The molecule has 0 aliphatic heterocycles. The molecular weight excluding hydrogens is 298 g/mol. The minimum absolute atomic E-state index is 0.00512. The van der Waals surface area contributed by atoms with Gasteiger partial charge in [-0.2, -0.15) is 0 Å². The number of amides is 1. The van der Waals surface area contributed by atoms with E-state index in [1.165, 1.54) is 29.5 Å². The van der Waals surface area contributed by atoms with Crippen LogP contribution in [0.15, 0.2) is 42.5 Å². The van der Waals surface area contributed by atoms with Crippen LogP contribution in [0.5, 0.6) is 5.75 Å². The second-order valence-electron chi connectivity index (χ2n) is 6.46. The highest BCUT2D eigenvalue weighted by Crippen LogP contribution is 2.25. The predicted octanol–water partition coefficient (Wildman–Crippen LogP) is 3.99. The van der Waals surface area contributed by atoms with Crippen molar-refractivity contribution in [2.24, 2.45) is 0 Å². The van der Waals surface area contributed by atoms with E-state index >= 15 is 0 Å². The first kappa shape index (κ1) is 16.6. The van der Waals surface area contributed by atoms with Crippen molar-refractivity contribution in [3.63, 3.8) is 0 Å². The number of aryl methyl sites for hydroxylation is 3. The van der Waals surface area contributed by atoms with E-state index in [2.05, 4.69) is 30.4 Å². The van der Waals surface area contributed by atoms with Gasteiger partial charge in [0, 0.05) is 0 Å². The minimum atomic E-state index is -0.0948. The van der Waals surface area contributed by atoms with Crippen molar-refractivity contribution in [3.8, 4) is 5.75 Å². The van der Waals surface area contributed by atoms with Crippen LogP contribution in [0, 0.1) is 0 Å². The first-order valence-corrected chi connectivity index (χ1v) is 8.78. The highest BCUT2D eigenvalue weighted by atomic mass is 16.5. The maximum atomic E-state index is 12.1. The summed E-state index contributed by atoms with van der Waals surface area (Å²) in [5.74, 6) is 0.634. The Hall–Kier alpha value is -2.29. The lowest BCUT2D eigenvalue weighted by molar-refractivity contribution is -0.123. The monoisotopic (exact) mass is 323 g/mol. The Morgan fingerprint density at radius 2 is 1.88 bits per heavy atom. The zero-order valence-electron chi connectivity index (χ0n) is 14.5. The van der Waals surface area contributed by atoms with Crippen molar-refractivity contribution in [1.82, 2.24) is 5.32 Å². The predicted molar refractivity (Wildman–Crippen MR) is 96.3 cm³/mol. The molecular formula is C21H25NO2. The fourth-order valence-electron chi connectivity index (χ4n) is 3.20. The van der Waals surface area contributed by atoms with Crippen molar-refractivity contribution in [2.75, 3.05) is 6.61 Å². The van der Waals surface area contributed by atoms with Crippen LogP contribution in [0.4, 0.5) is 0 Å². The second-order valence-corrected chi connectivity index (χ2v) is 6.46. The quantitative estimate of drug-likeness (QED) is 0.873. The van der Waals surface area contributed by atoms with Gasteiger partial charge < -0.3 is 10.1 Å². The van der Waals surface area contributed by atoms with E-state index < -0.39 is 0 Å². The van der Waals surface area contributed by atoms with Gasteiger partial charge in [0.05, 0.1) is 6.04 Å². The van der Waals surface area contributed by atoms with E-state index in [-0.39, 0.29) is 18.6 Å². The number of hydrogen-bond donors (Lipinski definition) is 1. The van der Waals surface area contributed by atoms with Crippen LogP contribution in [0.1, 0.15) is 48.6 Å². The van der Waals surface area contributed by atoms with Gasteiger partial charge in [-0.1, -0.05) is 37.3 Å². The van der Waals surface area contributed by atoms with Crippen molar-refractivity contribution < 1.29 is 9.53 Å². The smallest absolute Gasteiger partial charge is 0.258 e. The lowest BCUT2D eigenvalue weighted by Gasteiger charge is -2.16. The van der Waals surface area contributed by atoms with Crippen LogP contribution in [0.2, 0.25) is 0 Å². The summed E-state index contributed by atoms with van der Waals surface area (Å²) in [6, 6.07) is 14.4. The summed E-state index contributed by atoms with van der Waals surface area (Å²) in [5, 5.41) is 3.02. The number of rotatable bonds is 6. The highest BCUT2D eigenvalue weighted by Gasteiger charge is 2.15. The molecule has 2 aromatic carbocycles. The summed E-state index contributed by atoms with van der Waals surface area (Å²) in [4.78, 5) is 12.1. The molecule has 1 unspecified atom stereocenters. The third-order valence-electron chi connectivity index (χ3n) is 4.70. The summed E-state index contributed by atoms with van der Waals surface area (Å²) < 4.78 is 5.57. The van der Waals surface area contributed by atoms with Crippen molar-refractivity contribution in [1.29, 1.82) is 0 Å². The molecule has 0 spiro atoms. The van der Waals surface area contributed by atoms with Gasteiger partial charge in [-0.05, 0) is 67.0 Å². The topological polar surface area (TPSA) is 38.3 Å². The molecule has 1 aliphatic rings. The Labute approximate surface area is 144 Å². The number of ether oxygens (including phenoxy) is 1. The molecule has 1 N–H and O–H groups in total. The van der Waals surface area contributed by atoms with E-state index in [4.69, 9.17) is 4.74 Å². The molecule has 1 amide bonds. The number of benzene rings is 2. The molecule has 126 valence electrons. The molecule has 1 aliphatic carbocycles. The van der Waals surface area contributed by atoms with E-state index in [1.54, 1.807) is 0 Å². The SMILES string of the molecule is CCc1ccc(OCC(=O)NC(C)c2ccc3c(c2)CCC3)cc1. The fourth-order valence-corrected chi connectivity index (χ4v) is 3.20. The molecule has 0 bridgehead atoms. The van der Waals surface area contributed by atoms with Crippen LogP contribution < -0.4 is 10.1 Å². The number of nitrogens with one attached hydrogen (secondary N) is 1. The van der Waals surface area contributed by atoms with Gasteiger partial charge in [0.25, 0.3) is 5.91 Å². The molecule has 3 heteroatoms. The maximum Gasteiger partial charge on any atom is 0.258 e. The van der Waals surface area contributed by atoms with Gasteiger partial charge in [-0.3, -0.25) is 4.79 Å². The zero-order chi connectivity index (χ0) is 16.9. The second kappa shape index (κ2) is 7.52. The Bertz CT molecular complexity index is 706. The Balaban J connectivity index is 1.52. The van der Waals surface area contributed by atoms with Gasteiger partial charge in [-0.25, -0.2) is 0 Å². The van der Waals surface area contributed by atoms with Crippen LogP contribution in [-0.4, -0.2) is 12.5 Å². The summed E-state index contributed by atoms with van der Waals surface area (Å²) in [6.45, 7) is 4.18. The van der Waals surface area contributed by atoms with Crippen LogP contribution in [0.25, 0.3) is 0 Å². The first-order valence-electron chi connectivity index (χ1n) is 8.78. The summed E-state index contributed by atoms with van der Waals surface area (Å²) in [7, 11) is 0. The molecule has 0 fully saturated rings. The number of fused-ring (bicyclic) bond motifs is 1. The molecule has 0 aromatic heterocycles. The van der Waals surface area contributed by atoms with Crippen LogP contribution in [0.3, 0.4) is 0 Å². The Morgan fingerprint density at radius 3 is 2.62 bits per heavy atom. The number of hydrogen-bond acceptors (Lipinski definition) is 2. The molecule has 24 heavy (non-hydrogen) atoms. The van der Waals surface area contributed by atoms with Gasteiger partial charge in [0.15, 0.2) is 6.61 Å². The van der Waals surface area contributed by atoms with Gasteiger partial charge in [0.1, 0.15) is 5.75 Å². The molecule has 0 radical (unpaired) electrons. The Kier molecular flexibility index (Phi) is 5.19. The van der Waals surface area contributed by atoms with Crippen LogP contribution in [-0.2, 0) is 24.1 Å². The zero-order valence-corrected chi connectivity index (χ0v) is 14.5. The van der Waals surface area contributed by atoms with Gasteiger partial charge in [0.2, 0.25) is 0 Å². The van der Waals surface area contributed by atoms with E-state index in [9.17, 15) is 4.79 Å². The van der Waals surface area contributed by atoms with Gasteiger partial charge in [-0.15, -0.1) is 0 Å². The summed E-state index contributed by atoms with van der Waals surface area (Å²) in [5.41, 5.74) is 5.31. The average Bonchev–Trinajstić information content (AvgIpc) is 3.08. The molecule has 1 atom stereocenters. The Morgan fingerprint density at radius 1 is 1.12 bits per heavy atom. The van der Waals surface area contributed by atoms with Crippen molar-refractivity contribution in [2.45, 2.75) is 45.6 Å². The molecule has 0 saturated heterocycles. The van der Waals surface area contributed by atoms with Gasteiger partial charge >= 0.3 is 0 Å². The summed E-state index contributed by atoms with van der Waals surface area (Å²) >= 11 is 0. The largest absolute Gasteiger partial charge is 0.484 e. The third kappa shape index (κ3) is 3.97. The third-order valence-corrected chi connectivity index (χ3v) is 4.70. The minimum Gasteiger partial charge on any atom is -0.484 e. The fraction of sp³-hybridized carbons (Fsp3) is 0.381. The van der Waals surface area contributed by atoms with Crippen molar-refractivity contribution in [3.05, 3.63) is 64.7 Å². The molecule has 0 heterocycles. The van der Waals surface area contributed by atoms with Crippen molar-refractivity contribution >= 4 is 5.91 Å². The molecule has 0 saturated carbocycles. The molecule has 2 aromatic rings. The normalized spacial score (nSPS) is 14.1. The molecule has 3 nitrogen and oxygen atoms in total. The summed E-state index contributed by atoms with van der Waals surface area (Å²) in [6.07, 6.45) is 4.57. The average molecular weight is 323 g/mol. The molecule has 3 rings (SSSR count). The lowest BCUT2D eigenvalue weighted by Crippen LogP contribution is -2.31. The van der Waals surface area contributed by atoms with E-state index in [0.29, 0.717) is 0 Å². The van der Waals surface area contributed by atoms with Crippen LogP contribution >= 0.6 is 0 Å². The lowest BCUT2D eigenvalue weighted by atomic mass is 10.0. The van der Waals surface area contributed by atoms with E-state index in [0.717, 1.165) is 24.2 Å². The maximum absolute atomic E-state index is 12.1. The number of carbonyl (C=O) groups excluding carboxylic acids is 1. The highest BCUT2D eigenvalue weighted by molar-refractivity contribution is 5.78. The first-order chi connectivity index (χ1) is 11.7.